The van der Waals surface area contributed by atoms with Crippen molar-refractivity contribution in [3.8, 4) is 5.75 Å². The number of hydrogen-bond donors (Lipinski definition) is 4. The molecule has 162 valence electrons. The van der Waals surface area contributed by atoms with Gasteiger partial charge >= 0.3 is 0 Å². The number of carbonyl (C=O) groups excluding carboxylic acids is 1. The molecule has 2 atom stereocenters. The van der Waals surface area contributed by atoms with Crippen molar-refractivity contribution in [3.63, 3.8) is 0 Å². The molecular weight excluding hydrogens is 398 g/mol. The summed E-state index contributed by atoms with van der Waals surface area (Å²) in [5.41, 5.74) is 3.77. The summed E-state index contributed by atoms with van der Waals surface area (Å²) in [4.78, 5) is 17.0. The van der Waals surface area contributed by atoms with Crippen LogP contribution in [0, 0.1) is 0 Å². The number of ether oxygens (including phenoxy) is 2. The van der Waals surface area contributed by atoms with Crippen LogP contribution in [-0.4, -0.2) is 64.7 Å². The van der Waals surface area contributed by atoms with Gasteiger partial charge in [-0.3, -0.25) is 4.79 Å². The van der Waals surface area contributed by atoms with E-state index in [1.165, 1.54) is 0 Å². The van der Waals surface area contributed by atoms with Crippen molar-refractivity contribution in [2.24, 2.45) is 0 Å². The second kappa shape index (κ2) is 7.76. The van der Waals surface area contributed by atoms with E-state index in [4.69, 9.17) is 14.6 Å². The van der Waals surface area contributed by atoms with Gasteiger partial charge in [-0.25, -0.2) is 0 Å². The fourth-order valence-corrected chi connectivity index (χ4v) is 4.87. The number of para-hydroxylation sites is 1. The Balaban J connectivity index is 1.60. The van der Waals surface area contributed by atoms with E-state index in [2.05, 4.69) is 4.98 Å². The van der Waals surface area contributed by atoms with E-state index < -0.39 is 24.2 Å². The van der Waals surface area contributed by atoms with Gasteiger partial charge in [0.15, 0.2) is 5.78 Å². The lowest BCUT2D eigenvalue weighted by Gasteiger charge is -2.41. The van der Waals surface area contributed by atoms with Crippen LogP contribution in [0.2, 0.25) is 0 Å². The number of aromatic amines is 1. The zero-order valence-corrected chi connectivity index (χ0v) is 17.0. The highest BCUT2D eigenvalue weighted by Crippen LogP contribution is 2.50. The average molecular weight is 423 g/mol. The first-order chi connectivity index (χ1) is 15.0. The summed E-state index contributed by atoms with van der Waals surface area (Å²) in [5.74, 6) is 0.489. The van der Waals surface area contributed by atoms with Crippen molar-refractivity contribution in [2.45, 2.75) is 30.5 Å². The van der Waals surface area contributed by atoms with Crippen molar-refractivity contribution >= 4 is 16.7 Å². The van der Waals surface area contributed by atoms with Gasteiger partial charge in [0.1, 0.15) is 24.6 Å². The van der Waals surface area contributed by atoms with Crippen LogP contribution in [0.4, 0.5) is 0 Å². The number of hydrogen-bond acceptors (Lipinski definition) is 6. The van der Waals surface area contributed by atoms with Crippen molar-refractivity contribution < 1.29 is 29.6 Å². The summed E-state index contributed by atoms with van der Waals surface area (Å²) in [5, 5.41) is 29.4. The number of rotatable bonds is 5. The zero-order chi connectivity index (χ0) is 21.6. The molecule has 0 bridgehead atoms. The molecule has 31 heavy (non-hydrogen) atoms. The Morgan fingerprint density at radius 3 is 2.65 bits per heavy atom. The Labute approximate surface area is 179 Å². The fourth-order valence-electron chi connectivity index (χ4n) is 4.87. The van der Waals surface area contributed by atoms with Crippen molar-refractivity contribution in [1.82, 2.24) is 4.98 Å². The van der Waals surface area contributed by atoms with Crippen LogP contribution < -0.4 is 4.74 Å². The number of aliphatic hydroxyl groups is 3. The lowest BCUT2D eigenvalue weighted by Crippen LogP contribution is -2.40. The third-order valence-electron chi connectivity index (χ3n) is 6.56. The van der Waals surface area contributed by atoms with E-state index in [1.54, 1.807) is 12.1 Å². The molecule has 7 nitrogen and oxygen atoms in total. The van der Waals surface area contributed by atoms with E-state index in [0.717, 1.165) is 40.6 Å². The molecule has 4 N–H and O–H groups in total. The molecule has 1 saturated heterocycles. The minimum atomic E-state index is -1.27. The van der Waals surface area contributed by atoms with Crippen LogP contribution in [-0.2, 0) is 10.2 Å². The Kier molecular flexibility index (Phi) is 5.06. The second-order valence-electron chi connectivity index (χ2n) is 8.28. The quantitative estimate of drug-likeness (QED) is 0.499. The summed E-state index contributed by atoms with van der Waals surface area (Å²) < 4.78 is 11.4. The van der Waals surface area contributed by atoms with Gasteiger partial charge in [-0.2, -0.15) is 0 Å². The Bertz CT molecular complexity index is 1130. The van der Waals surface area contributed by atoms with E-state index in [9.17, 15) is 15.0 Å². The van der Waals surface area contributed by atoms with Crippen LogP contribution in [0.15, 0.2) is 42.5 Å². The van der Waals surface area contributed by atoms with E-state index >= 15 is 0 Å². The number of aliphatic hydroxyl groups excluding tert-OH is 3. The summed E-state index contributed by atoms with van der Waals surface area (Å²) in [6, 6.07) is 13.2. The van der Waals surface area contributed by atoms with Gasteiger partial charge in [0.25, 0.3) is 0 Å². The predicted molar refractivity (Wildman–Crippen MR) is 114 cm³/mol. The molecule has 1 aromatic heterocycles. The number of ketones is 1. The maximum atomic E-state index is 13.5. The highest BCUT2D eigenvalue weighted by atomic mass is 16.5. The van der Waals surface area contributed by atoms with Crippen LogP contribution in [0.3, 0.4) is 0 Å². The zero-order valence-electron chi connectivity index (χ0n) is 17.0. The van der Waals surface area contributed by atoms with Crippen molar-refractivity contribution in [3.05, 3.63) is 64.8 Å². The van der Waals surface area contributed by atoms with Gasteiger partial charge in [-0.15, -0.1) is 0 Å². The molecule has 2 aliphatic rings. The molecule has 0 amide bonds. The molecule has 7 heteroatoms. The van der Waals surface area contributed by atoms with Crippen molar-refractivity contribution in [1.29, 1.82) is 0 Å². The molecule has 1 spiro atoms. The molecule has 3 aromatic rings. The van der Waals surface area contributed by atoms with E-state index in [-0.39, 0.29) is 12.4 Å². The minimum absolute atomic E-state index is 0.0122. The number of benzene rings is 2. The normalized spacial score (nSPS) is 19.1. The Morgan fingerprint density at radius 2 is 1.87 bits per heavy atom. The molecule has 1 aliphatic carbocycles. The van der Waals surface area contributed by atoms with Gasteiger partial charge in [0, 0.05) is 40.8 Å². The third-order valence-corrected chi connectivity index (χ3v) is 6.56. The SMILES string of the molecule is O=C1c2ccc(OC[C@@H](O)[C@H](O)CO)cc2C2(CCOCC2)c2[nH]c3ccccc3c21. The number of fused-ring (bicyclic) bond motifs is 6. The molecule has 0 radical (unpaired) electrons. The number of H-pyrrole nitrogens is 1. The average Bonchev–Trinajstić information content (AvgIpc) is 3.22. The van der Waals surface area contributed by atoms with Crippen LogP contribution >= 0.6 is 0 Å². The Hall–Kier alpha value is -2.71. The topological polar surface area (TPSA) is 112 Å². The minimum Gasteiger partial charge on any atom is -0.491 e. The summed E-state index contributed by atoms with van der Waals surface area (Å²) in [6.07, 6.45) is -1.000. The van der Waals surface area contributed by atoms with E-state index in [1.807, 2.05) is 30.3 Å². The van der Waals surface area contributed by atoms with Crippen LogP contribution in [0.1, 0.15) is 40.0 Å². The van der Waals surface area contributed by atoms with Gasteiger partial charge in [0.05, 0.1) is 12.2 Å². The van der Waals surface area contributed by atoms with Crippen LogP contribution in [0.25, 0.3) is 10.9 Å². The van der Waals surface area contributed by atoms with Gasteiger partial charge in [-0.1, -0.05) is 18.2 Å². The van der Waals surface area contributed by atoms with Crippen LogP contribution in [0.5, 0.6) is 5.75 Å². The van der Waals surface area contributed by atoms with E-state index in [0.29, 0.717) is 24.5 Å². The maximum absolute atomic E-state index is 13.5. The summed E-state index contributed by atoms with van der Waals surface area (Å²) in [7, 11) is 0. The first kappa shape index (κ1) is 20.2. The summed E-state index contributed by atoms with van der Waals surface area (Å²) >= 11 is 0. The molecule has 1 aliphatic heterocycles. The number of carbonyl (C=O) groups is 1. The standard InChI is InChI=1S/C24H25NO6/c26-12-19(27)20(28)13-31-14-5-6-15-17(11-14)24(7-9-30-10-8-24)23-21(22(15)29)16-3-1-2-4-18(16)25-23/h1-6,11,19-20,25-28H,7-10,12-13H2/t19-,20-/m1/s1. The van der Waals surface area contributed by atoms with Gasteiger partial charge < -0.3 is 29.8 Å². The summed E-state index contributed by atoms with van der Waals surface area (Å²) in [6.45, 7) is 0.474. The molecule has 2 heterocycles. The first-order valence-electron chi connectivity index (χ1n) is 10.5. The number of nitrogens with one attached hydrogen (secondary N) is 1. The lowest BCUT2D eigenvalue weighted by molar-refractivity contribution is -0.0339. The monoisotopic (exact) mass is 423 g/mol. The highest BCUT2D eigenvalue weighted by molar-refractivity contribution is 6.20. The fraction of sp³-hybridized carbons (Fsp3) is 0.375. The number of aromatic nitrogens is 1. The highest BCUT2D eigenvalue weighted by Gasteiger charge is 2.46. The van der Waals surface area contributed by atoms with Gasteiger partial charge in [-0.05, 0) is 42.7 Å². The molecule has 0 saturated carbocycles. The molecule has 0 unspecified atom stereocenters. The maximum Gasteiger partial charge on any atom is 0.195 e. The van der Waals surface area contributed by atoms with Gasteiger partial charge in [0.2, 0.25) is 0 Å². The molecule has 1 fully saturated rings. The van der Waals surface area contributed by atoms with Crippen molar-refractivity contribution in [2.75, 3.05) is 26.4 Å². The third kappa shape index (κ3) is 3.16. The lowest BCUT2D eigenvalue weighted by atomic mass is 9.64. The Morgan fingerprint density at radius 1 is 1.10 bits per heavy atom. The predicted octanol–water partition coefficient (Wildman–Crippen LogP) is 1.90. The molecule has 2 aromatic carbocycles. The molecular formula is C24H25NO6. The first-order valence-corrected chi connectivity index (χ1v) is 10.5. The second-order valence-corrected chi connectivity index (χ2v) is 8.28. The smallest absolute Gasteiger partial charge is 0.195 e. The largest absolute Gasteiger partial charge is 0.491 e. The molecule has 5 rings (SSSR count).